The summed E-state index contributed by atoms with van der Waals surface area (Å²) in [5, 5.41) is 2.90. The molecule has 2 amide bonds. The molecule has 0 aliphatic rings. The molecule has 0 aliphatic heterocycles. The number of aryl methyl sites for hydroxylation is 1. The predicted molar refractivity (Wildman–Crippen MR) is 158 cm³/mol. The quantitative estimate of drug-likeness (QED) is 0.317. The minimum absolute atomic E-state index is 0.0685. The fourth-order valence-corrected chi connectivity index (χ4v) is 5.74. The first-order valence-corrected chi connectivity index (χ1v) is 15.0. The van der Waals surface area contributed by atoms with Crippen molar-refractivity contribution >= 4 is 27.5 Å². The van der Waals surface area contributed by atoms with Crippen molar-refractivity contribution in [2.75, 3.05) is 17.5 Å². The summed E-state index contributed by atoms with van der Waals surface area (Å²) in [6.07, 6.45) is 0.366. The Balaban J connectivity index is 2.05. The van der Waals surface area contributed by atoms with Crippen molar-refractivity contribution in [1.82, 2.24) is 10.2 Å². The Morgan fingerprint density at radius 3 is 2.08 bits per heavy atom. The highest BCUT2D eigenvalue weighted by molar-refractivity contribution is 7.92. The van der Waals surface area contributed by atoms with E-state index >= 15 is 0 Å². The Hall–Kier alpha value is -3.85. The summed E-state index contributed by atoms with van der Waals surface area (Å²) in [6, 6.07) is 21.5. The summed E-state index contributed by atoms with van der Waals surface area (Å²) in [6.45, 7) is 9.43. The summed E-state index contributed by atoms with van der Waals surface area (Å²) >= 11 is 0. The Labute approximate surface area is 238 Å². The number of anilines is 1. The molecule has 0 aromatic heterocycles. The van der Waals surface area contributed by atoms with Gasteiger partial charge >= 0.3 is 0 Å². The van der Waals surface area contributed by atoms with E-state index in [1.165, 1.54) is 17.0 Å². The number of carbonyl (C=O) groups is 2. The number of ether oxygens (including phenoxy) is 1. The Morgan fingerprint density at radius 1 is 0.900 bits per heavy atom. The highest BCUT2D eigenvalue weighted by Crippen LogP contribution is 2.27. The number of hydrogen-bond acceptors (Lipinski definition) is 5. The Kier molecular flexibility index (Phi) is 10.7. The monoisotopic (exact) mass is 565 g/mol. The average Bonchev–Trinajstić information content (AvgIpc) is 2.92. The molecule has 0 heterocycles. The van der Waals surface area contributed by atoms with E-state index in [-0.39, 0.29) is 23.4 Å². The van der Waals surface area contributed by atoms with Gasteiger partial charge in [0.1, 0.15) is 18.3 Å². The third-order valence-electron chi connectivity index (χ3n) is 6.34. The van der Waals surface area contributed by atoms with Crippen LogP contribution in [-0.4, -0.2) is 50.4 Å². The van der Waals surface area contributed by atoms with Crippen molar-refractivity contribution in [1.29, 1.82) is 0 Å². The second kappa shape index (κ2) is 14.0. The smallest absolute Gasteiger partial charge is 0.264 e. The minimum atomic E-state index is -4.12. The average molecular weight is 566 g/mol. The van der Waals surface area contributed by atoms with E-state index in [9.17, 15) is 18.0 Å². The molecule has 3 aromatic carbocycles. The van der Waals surface area contributed by atoms with E-state index in [1.54, 1.807) is 36.4 Å². The number of nitrogens with zero attached hydrogens (tertiary/aromatic N) is 2. The summed E-state index contributed by atoms with van der Waals surface area (Å²) in [4.78, 5) is 28.8. The van der Waals surface area contributed by atoms with Gasteiger partial charge in [-0.05, 0) is 76.1 Å². The van der Waals surface area contributed by atoms with Crippen LogP contribution in [0.4, 0.5) is 5.69 Å². The molecule has 40 heavy (non-hydrogen) atoms. The normalized spacial score (nSPS) is 12.1. The van der Waals surface area contributed by atoms with Crippen molar-refractivity contribution in [3.05, 3.63) is 90.0 Å². The Morgan fingerprint density at radius 2 is 1.52 bits per heavy atom. The van der Waals surface area contributed by atoms with Crippen molar-refractivity contribution in [3.8, 4) is 5.75 Å². The molecule has 1 atom stereocenters. The van der Waals surface area contributed by atoms with Gasteiger partial charge in [0.15, 0.2) is 0 Å². The van der Waals surface area contributed by atoms with Crippen LogP contribution in [0.5, 0.6) is 5.75 Å². The summed E-state index contributed by atoms with van der Waals surface area (Å²) < 4.78 is 34.5. The van der Waals surface area contributed by atoms with Gasteiger partial charge in [-0.25, -0.2) is 8.42 Å². The number of carbonyl (C=O) groups excluding carboxylic acids is 2. The van der Waals surface area contributed by atoms with Crippen LogP contribution in [-0.2, 0) is 26.2 Å². The molecule has 0 aliphatic carbocycles. The van der Waals surface area contributed by atoms with Gasteiger partial charge in [-0.1, -0.05) is 55.0 Å². The zero-order chi connectivity index (χ0) is 29.3. The van der Waals surface area contributed by atoms with E-state index in [0.29, 0.717) is 24.5 Å². The lowest BCUT2D eigenvalue weighted by atomic mass is 10.1. The maximum Gasteiger partial charge on any atom is 0.264 e. The summed E-state index contributed by atoms with van der Waals surface area (Å²) in [5.74, 6) is -0.178. The fraction of sp³-hybridized carbons (Fsp3) is 0.355. The summed E-state index contributed by atoms with van der Waals surface area (Å²) in [5.41, 5.74) is 2.07. The molecule has 0 spiro atoms. The number of hydrogen-bond donors (Lipinski definition) is 1. The van der Waals surface area contributed by atoms with Crippen LogP contribution in [0.15, 0.2) is 83.8 Å². The van der Waals surface area contributed by atoms with E-state index < -0.39 is 28.5 Å². The number of nitrogens with one attached hydrogen (secondary N) is 1. The molecule has 214 valence electrons. The topological polar surface area (TPSA) is 96.0 Å². The van der Waals surface area contributed by atoms with Gasteiger partial charge in [0.25, 0.3) is 10.0 Å². The van der Waals surface area contributed by atoms with E-state index in [2.05, 4.69) is 5.32 Å². The minimum Gasteiger partial charge on any atom is -0.494 e. The lowest BCUT2D eigenvalue weighted by molar-refractivity contribution is -0.140. The Bertz CT molecular complexity index is 1360. The van der Waals surface area contributed by atoms with E-state index in [1.807, 2.05) is 65.0 Å². The maximum absolute atomic E-state index is 14.0. The third kappa shape index (κ3) is 7.85. The predicted octanol–water partition coefficient (Wildman–Crippen LogP) is 4.92. The van der Waals surface area contributed by atoms with Crippen LogP contribution in [0.1, 0.15) is 45.2 Å². The molecule has 3 aromatic rings. The zero-order valence-corrected chi connectivity index (χ0v) is 24.6. The molecule has 0 saturated heterocycles. The molecular formula is C31H39N3O5S. The van der Waals surface area contributed by atoms with Crippen molar-refractivity contribution < 1.29 is 22.7 Å². The number of rotatable bonds is 13. The molecule has 0 radical (unpaired) electrons. The van der Waals surface area contributed by atoms with Crippen LogP contribution in [0, 0.1) is 6.92 Å². The largest absolute Gasteiger partial charge is 0.494 e. The first kappa shape index (κ1) is 30.7. The van der Waals surface area contributed by atoms with Gasteiger partial charge in [-0.15, -0.1) is 0 Å². The van der Waals surface area contributed by atoms with Gasteiger partial charge in [0.2, 0.25) is 11.8 Å². The molecule has 3 rings (SSSR count). The van der Waals surface area contributed by atoms with Crippen LogP contribution in [0.2, 0.25) is 0 Å². The highest BCUT2D eigenvalue weighted by atomic mass is 32.2. The molecule has 0 saturated carbocycles. The standard InChI is InChI=1S/C31H39N3O5S/c1-6-29(31(36)32-23(3)4)33(21-25-11-9-8-10-12-25)30(35)22-34(26-15-17-27(18-16-26)39-7-2)40(37,38)28-19-13-24(5)14-20-28/h8-20,23,29H,6-7,21-22H2,1-5H3,(H,32,36). The van der Waals surface area contributed by atoms with Crippen LogP contribution in [0.3, 0.4) is 0 Å². The first-order chi connectivity index (χ1) is 19.1. The second-order valence-electron chi connectivity index (χ2n) is 9.85. The molecule has 1 N–H and O–H groups in total. The van der Waals surface area contributed by atoms with Crippen molar-refractivity contribution in [2.24, 2.45) is 0 Å². The number of sulfonamides is 1. The molecule has 9 heteroatoms. The fourth-order valence-electron chi connectivity index (χ4n) is 4.32. The SMILES string of the molecule is CCOc1ccc(N(CC(=O)N(Cc2ccccc2)C(CC)C(=O)NC(C)C)S(=O)(=O)c2ccc(C)cc2)cc1. The summed E-state index contributed by atoms with van der Waals surface area (Å²) in [7, 11) is -4.12. The maximum atomic E-state index is 14.0. The van der Waals surface area contributed by atoms with Crippen LogP contribution < -0.4 is 14.4 Å². The second-order valence-corrected chi connectivity index (χ2v) is 11.7. The van der Waals surface area contributed by atoms with E-state index in [4.69, 9.17) is 4.74 Å². The highest BCUT2D eigenvalue weighted by Gasteiger charge is 2.33. The van der Waals surface area contributed by atoms with E-state index in [0.717, 1.165) is 15.4 Å². The van der Waals surface area contributed by atoms with Crippen LogP contribution >= 0.6 is 0 Å². The van der Waals surface area contributed by atoms with Crippen LogP contribution in [0.25, 0.3) is 0 Å². The lowest BCUT2D eigenvalue weighted by Crippen LogP contribution is -2.53. The first-order valence-electron chi connectivity index (χ1n) is 13.5. The molecule has 8 nitrogen and oxygen atoms in total. The van der Waals surface area contributed by atoms with Gasteiger partial charge in [0, 0.05) is 12.6 Å². The lowest BCUT2D eigenvalue weighted by Gasteiger charge is -2.33. The number of amides is 2. The van der Waals surface area contributed by atoms with Crippen molar-refractivity contribution in [3.63, 3.8) is 0 Å². The molecule has 0 bridgehead atoms. The molecule has 1 unspecified atom stereocenters. The zero-order valence-electron chi connectivity index (χ0n) is 23.8. The van der Waals surface area contributed by atoms with Gasteiger partial charge in [-0.3, -0.25) is 13.9 Å². The van der Waals surface area contributed by atoms with Gasteiger partial charge in [-0.2, -0.15) is 0 Å². The number of benzene rings is 3. The molecular weight excluding hydrogens is 526 g/mol. The van der Waals surface area contributed by atoms with Gasteiger partial charge < -0.3 is 15.0 Å². The van der Waals surface area contributed by atoms with Crippen molar-refractivity contribution in [2.45, 2.75) is 64.6 Å². The third-order valence-corrected chi connectivity index (χ3v) is 8.12. The molecule has 0 fully saturated rings. The van der Waals surface area contributed by atoms with Gasteiger partial charge in [0.05, 0.1) is 17.2 Å².